The molecule has 0 unspecified atom stereocenters. The zero-order chi connectivity index (χ0) is 15.6. The van der Waals surface area contributed by atoms with Gasteiger partial charge in [-0.15, -0.1) is 0 Å². The fourth-order valence-electron chi connectivity index (χ4n) is 1.85. The van der Waals surface area contributed by atoms with Gasteiger partial charge >= 0.3 is 11.6 Å². The number of hydrogen-bond acceptors (Lipinski definition) is 6. The Morgan fingerprint density at radius 2 is 1.95 bits per heavy atom. The van der Waals surface area contributed by atoms with Crippen molar-refractivity contribution in [3.63, 3.8) is 0 Å². The monoisotopic (exact) mass is 288 g/mol. The second-order valence-electron chi connectivity index (χ2n) is 4.31. The van der Waals surface area contributed by atoms with Crippen molar-refractivity contribution in [1.29, 1.82) is 0 Å². The summed E-state index contributed by atoms with van der Waals surface area (Å²) in [6.07, 6.45) is 0. The van der Waals surface area contributed by atoms with Crippen LogP contribution in [-0.4, -0.2) is 19.0 Å². The molecule has 108 valence electrons. The number of rotatable bonds is 3. The minimum atomic E-state index is -0.712. The maximum atomic E-state index is 12.1. The highest BCUT2D eigenvalue weighted by atomic mass is 16.5. The van der Waals surface area contributed by atoms with E-state index in [1.54, 1.807) is 12.0 Å². The lowest BCUT2D eigenvalue weighted by Gasteiger charge is -2.09. The number of carbonyl (C=O) groups excluding carboxylic acids is 2. The highest BCUT2D eigenvalue weighted by Crippen LogP contribution is 2.30. The van der Waals surface area contributed by atoms with E-state index in [-0.39, 0.29) is 22.5 Å². The molecular weight excluding hydrogens is 276 g/mol. The molecule has 1 aromatic heterocycles. The SMILES string of the molecule is COc1cc(OC(C)=O)c2c(=O)oc(C(C)=C=O)cc2c1. The first kappa shape index (κ1) is 14.6. The molecule has 0 N–H and O–H groups in total. The molecule has 0 radical (unpaired) electrons. The van der Waals surface area contributed by atoms with Crippen LogP contribution in [0.2, 0.25) is 0 Å². The first-order valence-electron chi connectivity index (χ1n) is 6.02. The maximum absolute atomic E-state index is 12.1. The standard InChI is InChI=1S/C15H12O6/c1-8(7-16)12-5-10-4-11(19-3)6-13(20-9(2)17)14(10)15(18)21-12/h4-6H,1-3H3. The Morgan fingerprint density at radius 1 is 1.24 bits per heavy atom. The molecule has 2 aromatic rings. The van der Waals surface area contributed by atoms with Gasteiger partial charge in [0.2, 0.25) is 0 Å². The van der Waals surface area contributed by atoms with Crippen LogP contribution in [0.1, 0.15) is 19.6 Å². The number of allylic oxidation sites excluding steroid dienone is 1. The van der Waals surface area contributed by atoms with Crippen LogP contribution in [0.5, 0.6) is 11.5 Å². The number of ether oxygens (including phenoxy) is 2. The predicted molar refractivity (Wildman–Crippen MR) is 75.1 cm³/mol. The molecule has 0 saturated heterocycles. The molecule has 0 atom stereocenters. The number of hydrogen-bond donors (Lipinski definition) is 0. The van der Waals surface area contributed by atoms with Crippen molar-refractivity contribution >= 4 is 28.3 Å². The number of carbonyl (C=O) groups is 1. The van der Waals surface area contributed by atoms with E-state index in [0.29, 0.717) is 11.1 Å². The quantitative estimate of drug-likeness (QED) is 0.488. The molecule has 0 amide bonds. The van der Waals surface area contributed by atoms with Gasteiger partial charge in [0.1, 0.15) is 28.6 Å². The molecule has 1 heterocycles. The Balaban J connectivity index is 2.83. The zero-order valence-corrected chi connectivity index (χ0v) is 11.7. The Kier molecular flexibility index (Phi) is 3.91. The first-order valence-corrected chi connectivity index (χ1v) is 6.02. The third-order valence-electron chi connectivity index (χ3n) is 2.81. The van der Waals surface area contributed by atoms with E-state index in [2.05, 4.69) is 0 Å². The molecule has 0 spiro atoms. The van der Waals surface area contributed by atoms with Crippen molar-refractivity contribution in [2.24, 2.45) is 0 Å². The molecule has 21 heavy (non-hydrogen) atoms. The average molecular weight is 288 g/mol. The van der Waals surface area contributed by atoms with Crippen LogP contribution in [0.25, 0.3) is 16.3 Å². The van der Waals surface area contributed by atoms with Gasteiger partial charge in [-0.05, 0) is 19.1 Å². The third kappa shape index (κ3) is 2.85. The summed E-state index contributed by atoms with van der Waals surface area (Å²) in [6.45, 7) is 2.70. The van der Waals surface area contributed by atoms with E-state index in [9.17, 15) is 14.4 Å². The summed E-state index contributed by atoms with van der Waals surface area (Å²) in [5.74, 6) is 1.65. The third-order valence-corrected chi connectivity index (χ3v) is 2.81. The van der Waals surface area contributed by atoms with Gasteiger partial charge in [-0.3, -0.25) is 4.79 Å². The van der Waals surface area contributed by atoms with Gasteiger partial charge in [-0.1, -0.05) is 0 Å². The highest BCUT2D eigenvalue weighted by molar-refractivity contribution is 5.93. The summed E-state index contributed by atoms with van der Waals surface area (Å²) < 4.78 is 15.2. The smallest absolute Gasteiger partial charge is 0.348 e. The number of esters is 1. The van der Waals surface area contributed by atoms with Crippen LogP contribution in [-0.2, 0) is 9.59 Å². The minimum absolute atomic E-state index is 0.0462. The summed E-state index contributed by atoms with van der Waals surface area (Å²) in [6, 6.07) is 4.50. The van der Waals surface area contributed by atoms with Crippen molar-refractivity contribution in [2.75, 3.05) is 7.11 Å². The summed E-state index contributed by atoms with van der Waals surface area (Å²) in [5, 5.41) is 0.542. The summed E-state index contributed by atoms with van der Waals surface area (Å²) >= 11 is 0. The van der Waals surface area contributed by atoms with Crippen LogP contribution in [0.3, 0.4) is 0 Å². The Bertz CT molecular complexity index is 824. The molecule has 6 nitrogen and oxygen atoms in total. The van der Waals surface area contributed by atoms with Gasteiger partial charge in [-0.2, -0.15) is 0 Å². The van der Waals surface area contributed by atoms with Crippen LogP contribution in [0.4, 0.5) is 0 Å². The zero-order valence-electron chi connectivity index (χ0n) is 11.7. The van der Waals surface area contributed by atoms with Gasteiger partial charge in [0.25, 0.3) is 0 Å². The fraction of sp³-hybridized carbons (Fsp3) is 0.200. The maximum Gasteiger partial charge on any atom is 0.348 e. The molecule has 2 rings (SSSR count). The van der Waals surface area contributed by atoms with Crippen LogP contribution in [0.15, 0.2) is 27.4 Å². The molecule has 1 aromatic carbocycles. The van der Waals surface area contributed by atoms with Crippen molar-refractivity contribution < 1.29 is 23.5 Å². The van der Waals surface area contributed by atoms with Gasteiger partial charge in [0.05, 0.1) is 12.7 Å². The van der Waals surface area contributed by atoms with Crippen molar-refractivity contribution in [2.45, 2.75) is 13.8 Å². The molecule has 0 aliphatic rings. The van der Waals surface area contributed by atoms with Crippen LogP contribution in [0, 0.1) is 0 Å². The minimum Gasteiger partial charge on any atom is -0.497 e. The molecular formula is C15H12O6. The topological polar surface area (TPSA) is 82.8 Å². The van der Waals surface area contributed by atoms with E-state index in [4.69, 9.17) is 13.9 Å². The Morgan fingerprint density at radius 3 is 2.52 bits per heavy atom. The van der Waals surface area contributed by atoms with E-state index in [1.807, 2.05) is 0 Å². The highest BCUT2D eigenvalue weighted by Gasteiger charge is 2.15. The Labute approximate surface area is 119 Å². The molecule has 0 aliphatic carbocycles. The summed E-state index contributed by atoms with van der Waals surface area (Å²) in [7, 11) is 1.45. The second kappa shape index (κ2) is 5.64. The molecule has 6 heteroatoms. The van der Waals surface area contributed by atoms with E-state index in [1.165, 1.54) is 33.1 Å². The normalized spacial score (nSPS) is 10.0. The van der Waals surface area contributed by atoms with Crippen LogP contribution < -0.4 is 15.1 Å². The number of benzene rings is 1. The summed E-state index contributed by atoms with van der Waals surface area (Å²) in [4.78, 5) is 33.9. The largest absolute Gasteiger partial charge is 0.497 e. The van der Waals surface area contributed by atoms with E-state index in [0.717, 1.165) is 0 Å². The first-order chi connectivity index (χ1) is 9.96. The lowest BCUT2D eigenvalue weighted by Crippen LogP contribution is -2.08. The fourth-order valence-corrected chi connectivity index (χ4v) is 1.85. The lowest BCUT2D eigenvalue weighted by atomic mass is 10.1. The van der Waals surface area contributed by atoms with E-state index >= 15 is 0 Å². The van der Waals surface area contributed by atoms with Gasteiger partial charge < -0.3 is 13.9 Å². The van der Waals surface area contributed by atoms with Crippen molar-refractivity contribution in [3.8, 4) is 11.5 Å². The Hall–Kier alpha value is -2.85. The average Bonchev–Trinajstić information content (AvgIpc) is 2.44. The second-order valence-corrected chi connectivity index (χ2v) is 4.31. The molecule has 0 saturated carbocycles. The van der Waals surface area contributed by atoms with Crippen LogP contribution >= 0.6 is 0 Å². The lowest BCUT2D eigenvalue weighted by molar-refractivity contribution is -0.131. The number of fused-ring (bicyclic) bond motifs is 1. The summed E-state index contributed by atoms with van der Waals surface area (Å²) in [5.41, 5.74) is -0.554. The molecule has 0 fully saturated rings. The van der Waals surface area contributed by atoms with Gasteiger partial charge in [0.15, 0.2) is 0 Å². The van der Waals surface area contributed by atoms with E-state index < -0.39 is 11.6 Å². The van der Waals surface area contributed by atoms with Crippen molar-refractivity contribution in [3.05, 3.63) is 34.4 Å². The van der Waals surface area contributed by atoms with Gasteiger partial charge in [-0.25, -0.2) is 9.59 Å². The van der Waals surface area contributed by atoms with Crippen molar-refractivity contribution in [1.82, 2.24) is 0 Å². The molecule has 0 bridgehead atoms. The number of methoxy groups -OCH3 is 1. The predicted octanol–water partition coefficient (Wildman–Crippen LogP) is 1.96. The molecule has 0 aliphatic heterocycles. The van der Waals surface area contributed by atoms with Gasteiger partial charge in [0, 0.05) is 18.4 Å².